The zero-order valence-corrected chi connectivity index (χ0v) is 14.1. The summed E-state index contributed by atoms with van der Waals surface area (Å²) in [4.78, 5) is 15.3. The van der Waals surface area contributed by atoms with E-state index in [0.717, 1.165) is 19.5 Å². The number of methoxy groups -OCH3 is 1. The van der Waals surface area contributed by atoms with Gasteiger partial charge in [-0.1, -0.05) is 20.8 Å². The molecule has 0 spiro atoms. The summed E-state index contributed by atoms with van der Waals surface area (Å²) < 4.78 is 5.16. The number of carbonyl (C=O) groups excluding carboxylic acids is 1. The van der Waals surface area contributed by atoms with Gasteiger partial charge in [-0.05, 0) is 42.9 Å². The van der Waals surface area contributed by atoms with Gasteiger partial charge in [-0.25, -0.2) is 0 Å². The van der Waals surface area contributed by atoms with Crippen LogP contribution < -0.4 is 10.5 Å². The van der Waals surface area contributed by atoms with Crippen LogP contribution in [0.2, 0.25) is 0 Å². The number of nitrogens with two attached hydrogens (primary N) is 1. The molecule has 1 aromatic carbocycles. The lowest BCUT2D eigenvalue weighted by molar-refractivity contribution is 0.0640. The Kier molecular flexibility index (Phi) is 5.46. The Balaban J connectivity index is 2.19. The van der Waals surface area contributed by atoms with Crippen molar-refractivity contribution in [3.05, 3.63) is 23.8 Å². The van der Waals surface area contributed by atoms with Crippen LogP contribution in [0.5, 0.6) is 5.75 Å². The van der Waals surface area contributed by atoms with E-state index in [2.05, 4.69) is 25.7 Å². The minimum Gasteiger partial charge on any atom is -0.495 e. The summed E-state index contributed by atoms with van der Waals surface area (Å²) in [6.07, 6.45) is 2.07. The molecule has 3 atom stereocenters. The molecule has 0 radical (unpaired) electrons. The van der Waals surface area contributed by atoms with Gasteiger partial charge in [0.15, 0.2) is 5.78 Å². The van der Waals surface area contributed by atoms with Crippen molar-refractivity contribution in [2.75, 3.05) is 25.9 Å². The molecule has 1 saturated heterocycles. The topological polar surface area (TPSA) is 55.6 Å². The van der Waals surface area contributed by atoms with Crippen molar-refractivity contribution in [1.82, 2.24) is 4.90 Å². The summed E-state index contributed by atoms with van der Waals surface area (Å²) in [5.74, 6) is 2.07. The van der Waals surface area contributed by atoms with E-state index in [4.69, 9.17) is 10.5 Å². The summed E-state index contributed by atoms with van der Waals surface area (Å²) in [5, 5.41) is 0. The molecule has 22 heavy (non-hydrogen) atoms. The lowest BCUT2D eigenvalue weighted by Gasteiger charge is -2.39. The summed E-state index contributed by atoms with van der Waals surface area (Å²) in [7, 11) is 1.58. The molecule has 4 heteroatoms. The van der Waals surface area contributed by atoms with E-state index in [1.807, 2.05) is 6.07 Å². The number of likely N-dealkylation sites (tertiary alicyclic amines) is 1. The zero-order chi connectivity index (χ0) is 16.3. The number of hydrogen-bond acceptors (Lipinski definition) is 4. The first-order valence-electron chi connectivity index (χ1n) is 8.18. The molecule has 1 aliphatic heterocycles. The van der Waals surface area contributed by atoms with Crippen LogP contribution >= 0.6 is 0 Å². The second-order valence-electron chi connectivity index (χ2n) is 6.64. The van der Waals surface area contributed by atoms with Crippen LogP contribution in [0, 0.1) is 11.8 Å². The van der Waals surface area contributed by atoms with Gasteiger partial charge in [0.25, 0.3) is 0 Å². The Bertz CT molecular complexity index is 520. The minimum atomic E-state index is -0.0574. The molecule has 0 amide bonds. The number of Topliss-reactive ketones (excluding diaryl/α,β-unsaturated/α-hetero) is 1. The van der Waals surface area contributed by atoms with Gasteiger partial charge in [-0.3, -0.25) is 9.69 Å². The SMILES string of the molecule is CCC(C(=O)c1ccc(OC)c(N)c1)N1CC(C)CC(C)C1. The standard InChI is InChI=1S/C18H28N2O2/c1-5-16(20-10-12(2)8-13(3)11-20)18(21)14-6-7-17(22-4)15(19)9-14/h6-7,9,12-13,16H,5,8,10-11,19H2,1-4H3. The number of benzene rings is 1. The van der Waals surface area contributed by atoms with Crippen LogP contribution in [0.3, 0.4) is 0 Å². The van der Waals surface area contributed by atoms with Crippen LogP contribution in [-0.4, -0.2) is 36.9 Å². The summed E-state index contributed by atoms with van der Waals surface area (Å²) >= 11 is 0. The van der Waals surface area contributed by atoms with E-state index in [-0.39, 0.29) is 11.8 Å². The monoisotopic (exact) mass is 304 g/mol. The van der Waals surface area contributed by atoms with E-state index in [9.17, 15) is 4.79 Å². The molecule has 122 valence electrons. The second-order valence-corrected chi connectivity index (χ2v) is 6.64. The number of carbonyl (C=O) groups is 1. The van der Waals surface area contributed by atoms with E-state index in [0.29, 0.717) is 28.8 Å². The average Bonchev–Trinajstić information content (AvgIpc) is 2.46. The first-order valence-corrected chi connectivity index (χ1v) is 8.18. The second kappa shape index (κ2) is 7.14. The van der Waals surface area contributed by atoms with Gasteiger partial charge in [0, 0.05) is 18.7 Å². The Morgan fingerprint density at radius 2 is 2.00 bits per heavy atom. The van der Waals surface area contributed by atoms with Crippen LogP contribution in [0.4, 0.5) is 5.69 Å². The largest absolute Gasteiger partial charge is 0.495 e. The average molecular weight is 304 g/mol. The van der Waals surface area contributed by atoms with Gasteiger partial charge in [0.05, 0.1) is 18.8 Å². The first-order chi connectivity index (χ1) is 10.5. The van der Waals surface area contributed by atoms with Gasteiger partial charge in [0.1, 0.15) is 5.75 Å². The Labute approximate surface area is 133 Å². The molecule has 0 bridgehead atoms. The van der Waals surface area contributed by atoms with E-state index < -0.39 is 0 Å². The van der Waals surface area contributed by atoms with Crippen molar-refractivity contribution in [3.63, 3.8) is 0 Å². The zero-order valence-electron chi connectivity index (χ0n) is 14.1. The third-order valence-electron chi connectivity index (χ3n) is 4.54. The van der Waals surface area contributed by atoms with Gasteiger partial charge < -0.3 is 10.5 Å². The molecule has 1 aromatic rings. The number of nitrogens with zero attached hydrogens (tertiary/aromatic N) is 1. The molecule has 0 aliphatic carbocycles. The number of nitrogen functional groups attached to an aromatic ring is 1. The smallest absolute Gasteiger partial charge is 0.180 e. The molecule has 1 heterocycles. The van der Waals surface area contributed by atoms with Crippen molar-refractivity contribution in [2.45, 2.75) is 39.7 Å². The molecule has 2 rings (SSSR count). The van der Waals surface area contributed by atoms with E-state index in [1.165, 1.54) is 6.42 Å². The predicted molar refractivity (Wildman–Crippen MR) is 90.3 cm³/mol. The van der Waals surface area contributed by atoms with E-state index >= 15 is 0 Å². The third kappa shape index (κ3) is 3.61. The van der Waals surface area contributed by atoms with Gasteiger partial charge in [0.2, 0.25) is 0 Å². The van der Waals surface area contributed by atoms with Crippen LogP contribution in [-0.2, 0) is 0 Å². The predicted octanol–water partition coefficient (Wildman–Crippen LogP) is 3.22. The normalized spacial score (nSPS) is 24.0. The summed E-state index contributed by atoms with van der Waals surface area (Å²) in [6, 6.07) is 5.27. The van der Waals surface area contributed by atoms with Gasteiger partial charge in [-0.15, -0.1) is 0 Å². The number of hydrogen-bond donors (Lipinski definition) is 1. The molecule has 4 nitrogen and oxygen atoms in total. The fourth-order valence-electron chi connectivity index (χ4n) is 3.66. The highest BCUT2D eigenvalue weighted by atomic mass is 16.5. The van der Waals surface area contributed by atoms with Gasteiger partial charge >= 0.3 is 0 Å². The molecule has 3 unspecified atom stereocenters. The van der Waals surface area contributed by atoms with Crippen LogP contribution in [0.15, 0.2) is 18.2 Å². The van der Waals surface area contributed by atoms with E-state index in [1.54, 1.807) is 19.2 Å². The Hall–Kier alpha value is -1.55. The van der Waals surface area contributed by atoms with Crippen molar-refractivity contribution in [3.8, 4) is 5.75 Å². The molecule has 0 aromatic heterocycles. The maximum absolute atomic E-state index is 12.9. The number of rotatable bonds is 5. The lowest BCUT2D eigenvalue weighted by atomic mass is 9.89. The molecule has 1 fully saturated rings. The minimum absolute atomic E-state index is 0.0574. The van der Waals surface area contributed by atoms with Crippen LogP contribution in [0.25, 0.3) is 0 Å². The number of anilines is 1. The van der Waals surface area contributed by atoms with Crippen molar-refractivity contribution >= 4 is 11.5 Å². The highest BCUT2D eigenvalue weighted by molar-refractivity contribution is 6.01. The lowest BCUT2D eigenvalue weighted by Crippen LogP contribution is -2.48. The Morgan fingerprint density at radius 1 is 1.36 bits per heavy atom. The molecule has 1 aliphatic rings. The van der Waals surface area contributed by atoms with Crippen LogP contribution in [0.1, 0.15) is 44.0 Å². The summed E-state index contributed by atoms with van der Waals surface area (Å²) in [6.45, 7) is 8.62. The highest BCUT2D eigenvalue weighted by Crippen LogP contribution is 2.27. The first kappa shape index (κ1) is 16.8. The number of ether oxygens (including phenoxy) is 1. The number of piperidine rings is 1. The molecule has 2 N–H and O–H groups in total. The van der Waals surface area contributed by atoms with Crippen molar-refractivity contribution in [2.24, 2.45) is 11.8 Å². The Morgan fingerprint density at radius 3 is 2.50 bits per heavy atom. The molecule has 0 saturated carbocycles. The highest BCUT2D eigenvalue weighted by Gasteiger charge is 2.31. The van der Waals surface area contributed by atoms with Crippen molar-refractivity contribution < 1.29 is 9.53 Å². The molecular weight excluding hydrogens is 276 g/mol. The summed E-state index contributed by atoms with van der Waals surface area (Å²) in [5.41, 5.74) is 7.14. The number of ketones is 1. The van der Waals surface area contributed by atoms with Gasteiger partial charge in [-0.2, -0.15) is 0 Å². The fourth-order valence-corrected chi connectivity index (χ4v) is 3.66. The maximum atomic E-state index is 12.9. The fraction of sp³-hybridized carbons (Fsp3) is 0.611. The molecular formula is C18H28N2O2. The van der Waals surface area contributed by atoms with Crippen molar-refractivity contribution in [1.29, 1.82) is 0 Å². The third-order valence-corrected chi connectivity index (χ3v) is 4.54. The maximum Gasteiger partial charge on any atom is 0.180 e. The quantitative estimate of drug-likeness (QED) is 0.670.